The number of hydrogen-bond acceptors (Lipinski definition) is 3. The van der Waals surface area contributed by atoms with Crippen molar-refractivity contribution in [1.82, 2.24) is 0 Å². The van der Waals surface area contributed by atoms with Gasteiger partial charge in [-0.3, -0.25) is 9.59 Å². The van der Waals surface area contributed by atoms with Crippen LogP contribution in [0.2, 0.25) is 0 Å². The number of carbonyl (C=O) groups is 2. The van der Waals surface area contributed by atoms with Crippen LogP contribution in [0.5, 0.6) is 0 Å². The van der Waals surface area contributed by atoms with Crippen molar-refractivity contribution in [3.05, 3.63) is 33.8 Å². The molecule has 0 fully saturated rings. The molecule has 0 spiro atoms. The smallest absolute Gasteiger partial charge is 0.316 e. The number of carbonyl (C=O) groups excluding carboxylic acids is 2. The van der Waals surface area contributed by atoms with Crippen molar-refractivity contribution in [2.24, 2.45) is 11.8 Å². The number of esters is 1. The van der Waals surface area contributed by atoms with E-state index in [2.05, 4.69) is 15.9 Å². The van der Waals surface area contributed by atoms with Crippen LogP contribution in [0.15, 0.2) is 22.7 Å². The number of methoxy groups -OCH3 is 1. The second-order valence-electron chi connectivity index (χ2n) is 4.57. The number of aryl methyl sites for hydroxylation is 1. The molecule has 4 heteroatoms. The number of hydrogen-bond donors (Lipinski definition) is 0. The van der Waals surface area contributed by atoms with E-state index >= 15 is 0 Å². The quantitative estimate of drug-likeness (QED) is 0.486. The summed E-state index contributed by atoms with van der Waals surface area (Å²) in [6.07, 6.45) is 0. The van der Waals surface area contributed by atoms with Crippen molar-refractivity contribution in [2.45, 2.75) is 20.8 Å². The lowest BCUT2D eigenvalue weighted by atomic mass is 9.86. The Morgan fingerprint density at radius 1 is 1.28 bits per heavy atom. The lowest BCUT2D eigenvalue weighted by Gasteiger charge is -2.18. The molecule has 1 unspecified atom stereocenters. The Morgan fingerprint density at radius 3 is 2.39 bits per heavy atom. The Labute approximate surface area is 116 Å². The third-order valence-electron chi connectivity index (χ3n) is 2.87. The van der Waals surface area contributed by atoms with E-state index in [0.29, 0.717) is 5.56 Å². The van der Waals surface area contributed by atoms with Crippen LogP contribution in [0.4, 0.5) is 0 Å². The highest BCUT2D eigenvalue weighted by molar-refractivity contribution is 9.10. The van der Waals surface area contributed by atoms with E-state index in [-0.39, 0.29) is 11.7 Å². The lowest BCUT2D eigenvalue weighted by Crippen LogP contribution is -2.30. The zero-order valence-electron chi connectivity index (χ0n) is 11.0. The summed E-state index contributed by atoms with van der Waals surface area (Å²) in [6, 6.07) is 5.47. The van der Waals surface area contributed by atoms with Crippen molar-refractivity contribution >= 4 is 27.7 Å². The van der Waals surface area contributed by atoms with Gasteiger partial charge in [-0.15, -0.1) is 0 Å². The molecule has 0 N–H and O–H groups in total. The van der Waals surface area contributed by atoms with Gasteiger partial charge in [-0.1, -0.05) is 35.8 Å². The van der Waals surface area contributed by atoms with E-state index in [9.17, 15) is 9.59 Å². The van der Waals surface area contributed by atoms with Gasteiger partial charge in [0.1, 0.15) is 5.92 Å². The minimum atomic E-state index is -0.747. The third-order valence-corrected chi connectivity index (χ3v) is 3.36. The summed E-state index contributed by atoms with van der Waals surface area (Å²) >= 11 is 3.34. The molecule has 3 nitrogen and oxygen atoms in total. The lowest BCUT2D eigenvalue weighted by molar-refractivity contribution is -0.144. The van der Waals surface area contributed by atoms with Gasteiger partial charge in [-0.25, -0.2) is 0 Å². The monoisotopic (exact) mass is 312 g/mol. The predicted octanol–water partition coefficient (Wildman–Crippen LogP) is 3.39. The van der Waals surface area contributed by atoms with E-state index in [1.165, 1.54) is 7.11 Å². The molecule has 0 saturated heterocycles. The van der Waals surface area contributed by atoms with E-state index in [1.807, 2.05) is 32.9 Å². The highest BCUT2D eigenvalue weighted by Gasteiger charge is 2.32. The Kier molecular flexibility index (Phi) is 5.08. The summed E-state index contributed by atoms with van der Waals surface area (Å²) in [7, 11) is 1.30. The first-order chi connectivity index (χ1) is 8.38. The molecule has 0 aliphatic heterocycles. The molecule has 18 heavy (non-hydrogen) atoms. The van der Waals surface area contributed by atoms with Crippen LogP contribution in [0.1, 0.15) is 29.8 Å². The molecule has 0 saturated carbocycles. The Morgan fingerprint density at radius 2 is 1.89 bits per heavy atom. The zero-order chi connectivity index (χ0) is 13.9. The number of ether oxygens (including phenoxy) is 1. The van der Waals surface area contributed by atoms with Gasteiger partial charge >= 0.3 is 5.97 Å². The minimum Gasteiger partial charge on any atom is -0.468 e. The van der Waals surface area contributed by atoms with Crippen LogP contribution in [-0.2, 0) is 9.53 Å². The number of ketones is 1. The number of benzene rings is 1. The molecule has 1 atom stereocenters. The number of Topliss-reactive ketones (excluding diaryl/α,β-unsaturated/α-hetero) is 1. The zero-order valence-corrected chi connectivity index (χ0v) is 12.6. The standard InChI is InChI=1S/C14H17BrO3/c1-8(2)12(14(17)18-4)13(16)11-7-10(15)6-5-9(11)3/h5-8,12H,1-4H3. The number of halogens is 1. The number of rotatable bonds is 4. The Bertz CT molecular complexity index is 466. The van der Waals surface area contributed by atoms with E-state index < -0.39 is 11.9 Å². The maximum absolute atomic E-state index is 12.4. The van der Waals surface area contributed by atoms with Crippen molar-refractivity contribution in [1.29, 1.82) is 0 Å². The highest BCUT2D eigenvalue weighted by atomic mass is 79.9. The second kappa shape index (κ2) is 6.14. The summed E-state index contributed by atoms with van der Waals surface area (Å²) in [5.74, 6) is -1.50. The van der Waals surface area contributed by atoms with Crippen molar-refractivity contribution in [3.63, 3.8) is 0 Å². The molecule has 1 aromatic rings. The Balaban J connectivity index is 3.17. The van der Waals surface area contributed by atoms with Crippen molar-refractivity contribution < 1.29 is 14.3 Å². The largest absolute Gasteiger partial charge is 0.468 e. The van der Waals surface area contributed by atoms with Crippen LogP contribution >= 0.6 is 15.9 Å². The highest BCUT2D eigenvalue weighted by Crippen LogP contribution is 2.23. The van der Waals surface area contributed by atoms with Gasteiger partial charge in [0.05, 0.1) is 7.11 Å². The molecular formula is C14H17BrO3. The van der Waals surface area contributed by atoms with E-state index in [4.69, 9.17) is 4.74 Å². The van der Waals surface area contributed by atoms with E-state index in [1.54, 1.807) is 6.07 Å². The topological polar surface area (TPSA) is 43.4 Å². The summed E-state index contributed by atoms with van der Waals surface area (Å²) in [5.41, 5.74) is 1.42. The molecule has 98 valence electrons. The molecular weight excluding hydrogens is 296 g/mol. The molecule has 0 amide bonds. The first kappa shape index (κ1) is 14.9. The third kappa shape index (κ3) is 3.19. The van der Waals surface area contributed by atoms with Crippen molar-refractivity contribution in [2.75, 3.05) is 7.11 Å². The van der Waals surface area contributed by atoms with Gasteiger partial charge in [0.25, 0.3) is 0 Å². The van der Waals surface area contributed by atoms with Crippen LogP contribution in [0, 0.1) is 18.8 Å². The minimum absolute atomic E-state index is 0.0941. The van der Waals surface area contributed by atoms with Crippen LogP contribution in [0.25, 0.3) is 0 Å². The molecule has 0 aliphatic carbocycles. The summed E-state index contributed by atoms with van der Waals surface area (Å²) in [6.45, 7) is 5.54. The van der Waals surface area contributed by atoms with Crippen molar-refractivity contribution in [3.8, 4) is 0 Å². The van der Waals surface area contributed by atoms with Crippen LogP contribution < -0.4 is 0 Å². The van der Waals surface area contributed by atoms with Gasteiger partial charge in [0.2, 0.25) is 0 Å². The average Bonchev–Trinajstić information content (AvgIpc) is 2.31. The second-order valence-corrected chi connectivity index (χ2v) is 5.48. The van der Waals surface area contributed by atoms with Crippen LogP contribution in [0.3, 0.4) is 0 Å². The van der Waals surface area contributed by atoms with Crippen LogP contribution in [-0.4, -0.2) is 18.9 Å². The predicted molar refractivity (Wildman–Crippen MR) is 73.6 cm³/mol. The van der Waals surface area contributed by atoms with Gasteiger partial charge < -0.3 is 4.74 Å². The summed E-state index contributed by atoms with van der Waals surface area (Å²) < 4.78 is 5.54. The fourth-order valence-electron chi connectivity index (χ4n) is 1.84. The fraction of sp³-hybridized carbons (Fsp3) is 0.429. The van der Waals surface area contributed by atoms with E-state index in [0.717, 1.165) is 10.0 Å². The molecule has 0 bridgehead atoms. The maximum Gasteiger partial charge on any atom is 0.316 e. The molecule has 0 heterocycles. The fourth-order valence-corrected chi connectivity index (χ4v) is 2.20. The molecule has 0 radical (unpaired) electrons. The SMILES string of the molecule is COC(=O)C(C(=O)c1cc(Br)ccc1C)C(C)C. The Hall–Kier alpha value is -1.16. The summed E-state index contributed by atoms with van der Waals surface area (Å²) in [5, 5.41) is 0. The van der Waals surface area contributed by atoms with Gasteiger partial charge in [-0.2, -0.15) is 0 Å². The first-order valence-electron chi connectivity index (χ1n) is 5.76. The first-order valence-corrected chi connectivity index (χ1v) is 6.56. The normalized spacial score (nSPS) is 12.3. The van der Waals surface area contributed by atoms with Gasteiger partial charge in [-0.05, 0) is 30.5 Å². The van der Waals surface area contributed by atoms with Gasteiger partial charge in [0.15, 0.2) is 5.78 Å². The van der Waals surface area contributed by atoms with Gasteiger partial charge in [0, 0.05) is 10.0 Å². The molecule has 1 aromatic carbocycles. The molecule has 1 rings (SSSR count). The molecule has 0 aliphatic rings. The maximum atomic E-state index is 12.4. The average molecular weight is 313 g/mol. The summed E-state index contributed by atoms with van der Waals surface area (Å²) in [4.78, 5) is 24.1. The molecule has 0 aromatic heterocycles.